The van der Waals surface area contributed by atoms with E-state index in [4.69, 9.17) is 16.7 Å². The zero-order chi connectivity index (χ0) is 8.43. The number of rotatable bonds is 1. The van der Waals surface area contributed by atoms with Crippen molar-refractivity contribution in [1.29, 1.82) is 0 Å². The van der Waals surface area contributed by atoms with E-state index in [0.717, 1.165) is 15.6 Å². The molecule has 1 rings (SSSR count). The van der Waals surface area contributed by atoms with Crippen LogP contribution >= 0.6 is 27.5 Å². The number of halogens is 2. The molecule has 60 valence electrons. The Bertz CT molecular complexity index is 250. The van der Waals surface area contributed by atoms with Crippen LogP contribution in [0.25, 0.3) is 0 Å². The first-order valence-electron chi connectivity index (χ1n) is 3.20. The third kappa shape index (κ3) is 1.95. The van der Waals surface area contributed by atoms with Gasteiger partial charge in [-0.05, 0) is 30.2 Å². The van der Waals surface area contributed by atoms with Gasteiger partial charge in [-0.25, -0.2) is 0 Å². The SMILES string of the molecule is Cc1cc(Cl)cc(Br)c1CO. The molecule has 0 atom stereocenters. The first-order valence-corrected chi connectivity index (χ1v) is 4.37. The largest absolute Gasteiger partial charge is 0.392 e. The molecule has 11 heavy (non-hydrogen) atoms. The van der Waals surface area contributed by atoms with Crippen molar-refractivity contribution in [3.05, 3.63) is 32.8 Å². The Kier molecular flexibility index (Phi) is 2.93. The van der Waals surface area contributed by atoms with Crippen LogP contribution in [0.15, 0.2) is 16.6 Å². The Morgan fingerprint density at radius 3 is 2.64 bits per heavy atom. The van der Waals surface area contributed by atoms with Gasteiger partial charge in [0.2, 0.25) is 0 Å². The molecule has 0 fully saturated rings. The number of hydrogen-bond acceptors (Lipinski definition) is 1. The predicted octanol–water partition coefficient (Wildman–Crippen LogP) is 2.90. The van der Waals surface area contributed by atoms with Crippen molar-refractivity contribution in [3.63, 3.8) is 0 Å². The van der Waals surface area contributed by atoms with Crippen LogP contribution in [-0.2, 0) is 6.61 Å². The lowest BCUT2D eigenvalue weighted by Crippen LogP contribution is -1.89. The van der Waals surface area contributed by atoms with Gasteiger partial charge >= 0.3 is 0 Å². The molecule has 0 spiro atoms. The van der Waals surface area contributed by atoms with Crippen molar-refractivity contribution < 1.29 is 5.11 Å². The molecule has 0 bridgehead atoms. The second kappa shape index (κ2) is 3.57. The fraction of sp³-hybridized carbons (Fsp3) is 0.250. The second-order valence-corrected chi connectivity index (χ2v) is 3.63. The van der Waals surface area contributed by atoms with Crippen LogP contribution in [0, 0.1) is 6.92 Å². The maximum atomic E-state index is 8.92. The Labute approximate surface area is 79.1 Å². The minimum Gasteiger partial charge on any atom is -0.392 e. The quantitative estimate of drug-likeness (QED) is 0.793. The molecular weight excluding hydrogens is 227 g/mol. The van der Waals surface area contributed by atoms with Crippen LogP contribution in [0.5, 0.6) is 0 Å². The van der Waals surface area contributed by atoms with Crippen LogP contribution in [0.3, 0.4) is 0 Å². The summed E-state index contributed by atoms with van der Waals surface area (Å²) in [5, 5.41) is 9.60. The highest BCUT2D eigenvalue weighted by atomic mass is 79.9. The molecule has 0 aromatic heterocycles. The molecule has 0 aliphatic heterocycles. The van der Waals surface area contributed by atoms with E-state index < -0.39 is 0 Å². The van der Waals surface area contributed by atoms with E-state index >= 15 is 0 Å². The molecule has 0 aliphatic carbocycles. The van der Waals surface area contributed by atoms with Crippen LogP contribution in [0.1, 0.15) is 11.1 Å². The number of aliphatic hydroxyl groups is 1. The van der Waals surface area contributed by atoms with E-state index in [1.165, 1.54) is 0 Å². The Balaban J connectivity index is 3.25. The summed E-state index contributed by atoms with van der Waals surface area (Å²) in [6, 6.07) is 3.61. The molecule has 0 aliphatic rings. The first kappa shape index (κ1) is 9.04. The molecule has 0 unspecified atom stereocenters. The molecule has 1 nitrogen and oxygen atoms in total. The number of benzene rings is 1. The minimum absolute atomic E-state index is 0.0452. The van der Waals surface area contributed by atoms with Gasteiger partial charge < -0.3 is 5.11 Å². The van der Waals surface area contributed by atoms with Gasteiger partial charge in [-0.3, -0.25) is 0 Å². The molecule has 0 heterocycles. The van der Waals surface area contributed by atoms with Crippen LogP contribution in [0.2, 0.25) is 5.02 Å². The standard InChI is InChI=1S/C8H8BrClO/c1-5-2-6(10)3-8(9)7(5)4-11/h2-3,11H,4H2,1H3. The van der Waals surface area contributed by atoms with Crippen molar-refractivity contribution >= 4 is 27.5 Å². The van der Waals surface area contributed by atoms with Crippen LogP contribution < -0.4 is 0 Å². The third-order valence-electron chi connectivity index (χ3n) is 1.54. The molecule has 0 radical (unpaired) electrons. The van der Waals surface area contributed by atoms with E-state index in [2.05, 4.69) is 15.9 Å². The van der Waals surface area contributed by atoms with Crippen LogP contribution in [0.4, 0.5) is 0 Å². The molecular formula is C8H8BrClO. The highest BCUT2D eigenvalue weighted by Crippen LogP contribution is 2.24. The summed E-state index contributed by atoms with van der Waals surface area (Å²) in [5.41, 5.74) is 1.90. The summed E-state index contributed by atoms with van der Waals surface area (Å²) in [4.78, 5) is 0. The van der Waals surface area contributed by atoms with E-state index in [9.17, 15) is 0 Å². The fourth-order valence-electron chi connectivity index (χ4n) is 0.932. The Hall–Kier alpha value is -0.0500. The Morgan fingerprint density at radius 1 is 1.55 bits per heavy atom. The summed E-state index contributed by atoms with van der Waals surface area (Å²) in [6.45, 7) is 1.96. The van der Waals surface area contributed by atoms with E-state index in [1.54, 1.807) is 6.07 Å². The number of hydrogen-bond donors (Lipinski definition) is 1. The molecule has 0 saturated heterocycles. The smallest absolute Gasteiger partial charge is 0.0695 e. The van der Waals surface area contributed by atoms with Crippen molar-refractivity contribution in [2.24, 2.45) is 0 Å². The van der Waals surface area contributed by atoms with E-state index in [-0.39, 0.29) is 6.61 Å². The summed E-state index contributed by atoms with van der Waals surface area (Å²) in [5.74, 6) is 0. The minimum atomic E-state index is 0.0452. The maximum absolute atomic E-state index is 8.92. The lowest BCUT2D eigenvalue weighted by Gasteiger charge is -2.05. The van der Waals surface area contributed by atoms with Crippen LogP contribution in [-0.4, -0.2) is 5.11 Å². The predicted molar refractivity (Wildman–Crippen MR) is 49.8 cm³/mol. The Morgan fingerprint density at radius 2 is 2.18 bits per heavy atom. The molecule has 0 amide bonds. The molecule has 0 saturated carbocycles. The maximum Gasteiger partial charge on any atom is 0.0695 e. The van der Waals surface area contributed by atoms with Crippen molar-refractivity contribution in [2.45, 2.75) is 13.5 Å². The zero-order valence-corrected chi connectivity index (χ0v) is 8.41. The summed E-state index contributed by atoms with van der Waals surface area (Å²) in [7, 11) is 0. The van der Waals surface area contributed by atoms with Gasteiger partial charge in [-0.2, -0.15) is 0 Å². The summed E-state index contributed by atoms with van der Waals surface area (Å²) >= 11 is 9.08. The average Bonchev–Trinajstić information content (AvgIpc) is 1.85. The first-order chi connectivity index (χ1) is 5.15. The summed E-state index contributed by atoms with van der Waals surface area (Å²) < 4.78 is 0.866. The molecule has 1 N–H and O–H groups in total. The number of aryl methyl sites for hydroxylation is 1. The normalized spacial score (nSPS) is 10.2. The summed E-state index contributed by atoms with van der Waals surface area (Å²) in [6.07, 6.45) is 0. The highest BCUT2D eigenvalue weighted by Gasteiger charge is 2.03. The molecule has 1 aromatic rings. The van der Waals surface area contributed by atoms with E-state index in [0.29, 0.717) is 5.02 Å². The number of aliphatic hydroxyl groups excluding tert-OH is 1. The molecule has 1 aromatic carbocycles. The average molecular weight is 236 g/mol. The van der Waals surface area contributed by atoms with Gasteiger partial charge in [0.1, 0.15) is 0 Å². The fourth-order valence-corrected chi connectivity index (χ4v) is 2.02. The third-order valence-corrected chi connectivity index (χ3v) is 2.47. The topological polar surface area (TPSA) is 20.2 Å². The zero-order valence-electron chi connectivity index (χ0n) is 6.06. The van der Waals surface area contributed by atoms with Gasteiger partial charge in [0.25, 0.3) is 0 Å². The molecule has 3 heteroatoms. The van der Waals surface area contributed by atoms with Gasteiger partial charge in [0.05, 0.1) is 6.61 Å². The van der Waals surface area contributed by atoms with Gasteiger partial charge in [0.15, 0.2) is 0 Å². The lowest BCUT2D eigenvalue weighted by atomic mass is 10.1. The van der Waals surface area contributed by atoms with Gasteiger partial charge in [0, 0.05) is 9.50 Å². The second-order valence-electron chi connectivity index (χ2n) is 2.34. The lowest BCUT2D eigenvalue weighted by molar-refractivity contribution is 0.280. The van der Waals surface area contributed by atoms with Crippen molar-refractivity contribution in [1.82, 2.24) is 0 Å². The highest BCUT2D eigenvalue weighted by molar-refractivity contribution is 9.10. The van der Waals surface area contributed by atoms with Gasteiger partial charge in [-0.1, -0.05) is 27.5 Å². The van der Waals surface area contributed by atoms with Gasteiger partial charge in [-0.15, -0.1) is 0 Å². The van der Waals surface area contributed by atoms with Crippen molar-refractivity contribution in [3.8, 4) is 0 Å². The van der Waals surface area contributed by atoms with Crippen molar-refractivity contribution in [2.75, 3.05) is 0 Å². The van der Waals surface area contributed by atoms with E-state index in [1.807, 2.05) is 13.0 Å². The monoisotopic (exact) mass is 234 g/mol.